The van der Waals surface area contributed by atoms with Crippen LogP contribution in [-0.4, -0.2) is 49.5 Å². The highest BCUT2D eigenvalue weighted by atomic mass is 79.9. The lowest BCUT2D eigenvalue weighted by molar-refractivity contribution is -0.145. The summed E-state index contributed by atoms with van der Waals surface area (Å²) in [6, 6.07) is 9.75. The molecule has 0 unspecified atom stereocenters. The fourth-order valence-electron chi connectivity index (χ4n) is 4.57. The van der Waals surface area contributed by atoms with Crippen LogP contribution < -0.4 is 29.1 Å². The van der Waals surface area contributed by atoms with E-state index in [0.717, 1.165) is 4.47 Å². The summed E-state index contributed by atoms with van der Waals surface area (Å²) in [5.74, 6) is 0.252. The number of rotatable bonds is 11. The zero-order chi connectivity index (χ0) is 31.3. The molecule has 2 heterocycles. The zero-order valence-electron chi connectivity index (χ0n) is 24.8. The second kappa shape index (κ2) is 14.0. The number of hydrogen-bond acceptors (Lipinski definition) is 10. The second-order valence-electron chi connectivity index (χ2n) is 9.66. The Kier molecular flexibility index (Phi) is 10.5. The summed E-state index contributed by atoms with van der Waals surface area (Å²) in [5.41, 5.74) is 1.65. The normalized spacial score (nSPS) is 14.7. The Labute approximate surface area is 261 Å². The molecule has 0 saturated heterocycles. The molecule has 12 heteroatoms. The van der Waals surface area contributed by atoms with Crippen LogP contribution in [0.5, 0.6) is 17.2 Å². The molecule has 43 heavy (non-hydrogen) atoms. The first-order chi connectivity index (χ1) is 20.6. The molecule has 0 radical (unpaired) electrons. The molecule has 10 nitrogen and oxygen atoms in total. The number of nitrogens with zero attached hydrogens (tertiary/aromatic N) is 2. The number of hydrogen-bond donors (Lipinski definition) is 0. The van der Waals surface area contributed by atoms with Crippen molar-refractivity contribution in [2.45, 2.75) is 46.8 Å². The minimum absolute atomic E-state index is 0.255. The fraction of sp³-hybridized carbons (Fsp3) is 0.355. The smallest absolute Gasteiger partial charge is 0.344 e. The van der Waals surface area contributed by atoms with Crippen LogP contribution in [-0.2, 0) is 19.1 Å². The molecular formula is C31H33BrN2O8S. The van der Waals surface area contributed by atoms with Crippen LogP contribution in [0.2, 0.25) is 0 Å². The lowest BCUT2D eigenvalue weighted by Crippen LogP contribution is -2.40. The van der Waals surface area contributed by atoms with E-state index in [1.54, 1.807) is 58.0 Å². The quantitative estimate of drug-likeness (QED) is 0.277. The van der Waals surface area contributed by atoms with Gasteiger partial charge < -0.3 is 23.7 Å². The first-order valence-electron chi connectivity index (χ1n) is 13.7. The van der Waals surface area contributed by atoms with Crippen LogP contribution in [0.4, 0.5) is 0 Å². The van der Waals surface area contributed by atoms with E-state index in [1.807, 2.05) is 19.1 Å². The third-order valence-electron chi connectivity index (χ3n) is 6.29. The molecule has 0 bridgehead atoms. The van der Waals surface area contributed by atoms with Crippen molar-refractivity contribution in [3.63, 3.8) is 0 Å². The first kappa shape index (κ1) is 32.0. The highest BCUT2D eigenvalue weighted by Gasteiger charge is 2.35. The molecule has 0 amide bonds. The predicted molar refractivity (Wildman–Crippen MR) is 165 cm³/mol. The minimum Gasteiger partial charge on any atom is -0.496 e. The molecule has 0 saturated carbocycles. The number of fused-ring (bicyclic) bond motifs is 1. The molecule has 228 valence electrons. The van der Waals surface area contributed by atoms with Crippen molar-refractivity contribution in [2.24, 2.45) is 4.99 Å². The number of carbonyl (C=O) groups is 2. The van der Waals surface area contributed by atoms with Crippen LogP contribution >= 0.6 is 27.3 Å². The van der Waals surface area contributed by atoms with Crippen molar-refractivity contribution in [3.8, 4) is 17.2 Å². The van der Waals surface area contributed by atoms with Crippen molar-refractivity contribution in [1.29, 1.82) is 0 Å². The van der Waals surface area contributed by atoms with Crippen LogP contribution in [0.15, 0.2) is 61.9 Å². The van der Waals surface area contributed by atoms with Crippen LogP contribution in [0.25, 0.3) is 6.08 Å². The van der Waals surface area contributed by atoms with Crippen LogP contribution in [0, 0.1) is 0 Å². The van der Waals surface area contributed by atoms with E-state index < -0.39 is 18.0 Å². The van der Waals surface area contributed by atoms with Crippen molar-refractivity contribution in [3.05, 3.63) is 83.0 Å². The molecule has 0 N–H and O–H groups in total. The van der Waals surface area contributed by atoms with Crippen molar-refractivity contribution in [2.75, 3.05) is 26.9 Å². The summed E-state index contributed by atoms with van der Waals surface area (Å²) in [6.45, 7) is 9.18. The average molecular weight is 674 g/mol. The summed E-state index contributed by atoms with van der Waals surface area (Å²) in [4.78, 5) is 44.3. The van der Waals surface area contributed by atoms with Gasteiger partial charge in [-0.3, -0.25) is 9.36 Å². The Morgan fingerprint density at radius 1 is 1.07 bits per heavy atom. The molecule has 0 aliphatic carbocycles. The van der Waals surface area contributed by atoms with E-state index in [2.05, 4.69) is 20.9 Å². The Morgan fingerprint density at radius 3 is 2.49 bits per heavy atom. The monoisotopic (exact) mass is 672 g/mol. The Hall–Kier alpha value is -3.90. The second-order valence-corrected chi connectivity index (χ2v) is 11.6. The third kappa shape index (κ3) is 7.19. The topological polar surface area (TPSA) is 115 Å². The maximum absolute atomic E-state index is 14.0. The molecule has 0 fully saturated rings. The van der Waals surface area contributed by atoms with Gasteiger partial charge in [0.15, 0.2) is 22.9 Å². The Balaban J connectivity index is 1.85. The van der Waals surface area contributed by atoms with Gasteiger partial charge in [0.25, 0.3) is 5.56 Å². The van der Waals surface area contributed by atoms with Gasteiger partial charge in [-0.15, -0.1) is 0 Å². The minimum atomic E-state index is -0.838. The number of thiazole rings is 1. The van der Waals surface area contributed by atoms with Gasteiger partial charge in [-0.1, -0.05) is 33.3 Å². The molecule has 3 aromatic rings. The van der Waals surface area contributed by atoms with Gasteiger partial charge in [0.05, 0.1) is 42.2 Å². The van der Waals surface area contributed by atoms with E-state index in [1.165, 1.54) is 23.0 Å². The first-order valence-corrected chi connectivity index (χ1v) is 15.3. The van der Waals surface area contributed by atoms with Gasteiger partial charge in [-0.2, -0.15) is 0 Å². The summed E-state index contributed by atoms with van der Waals surface area (Å²) in [7, 11) is 1.54. The highest BCUT2D eigenvalue weighted by Crippen LogP contribution is 2.37. The van der Waals surface area contributed by atoms with Gasteiger partial charge in [0.1, 0.15) is 11.8 Å². The number of benzene rings is 2. The fourth-order valence-corrected chi connectivity index (χ4v) is 5.99. The number of halogens is 1. The molecular weight excluding hydrogens is 640 g/mol. The standard InChI is InChI=1S/C31H33BrN2O8S/c1-7-39-24-13-19(9-11-23(24)41-16-26(35)40-8-2)14-25-29(36)34-28(21-15-20(32)10-12-22(21)38-6)27(30(37)42-17(3)4)18(5)33-31(34)43-25/h9-15,17,28H,7-8,16H2,1-6H3/b25-14-/t28-/m1/s1. The summed E-state index contributed by atoms with van der Waals surface area (Å²) in [5, 5.41) is 0. The Bertz CT molecular complexity index is 1740. The van der Waals surface area contributed by atoms with E-state index in [9.17, 15) is 14.4 Å². The number of allylic oxidation sites excluding steroid dienone is 1. The largest absolute Gasteiger partial charge is 0.496 e. The zero-order valence-corrected chi connectivity index (χ0v) is 27.2. The summed E-state index contributed by atoms with van der Waals surface area (Å²) in [6.07, 6.45) is 1.36. The van der Waals surface area contributed by atoms with E-state index in [0.29, 0.717) is 50.0 Å². The van der Waals surface area contributed by atoms with Gasteiger partial charge in [0.2, 0.25) is 0 Å². The third-order valence-corrected chi connectivity index (χ3v) is 7.76. The Morgan fingerprint density at radius 2 is 1.81 bits per heavy atom. The molecule has 1 aliphatic heterocycles. The summed E-state index contributed by atoms with van der Waals surface area (Å²) >= 11 is 4.72. The maximum atomic E-state index is 14.0. The average Bonchev–Trinajstić information content (AvgIpc) is 3.25. The molecule has 4 rings (SSSR count). The van der Waals surface area contributed by atoms with Crippen molar-refractivity contribution in [1.82, 2.24) is 4.57 Å². The SMILES string of the molecule is CCOC(=O)COc1ccc(/C=c2\sc3n(c2=O)[C@H](c2cc(Br)ccc2OC)C(C(=O)OC(C)C)=C(C)N=3)cc1OCC. The number of ether oxygens (including phenoxy) is 5. The molecule has 1 aliphatic rings. The molecule has 1 aromatic heterocycles. The van der Waals surface area contributed by atoms with Gasteiger partial charge in [0, 0.05) is 10.0 Å². The van der Waals surface area contributed by atoms with E-state index >= 15 is 0 Å². The maximum Gasteiger partial charge on any atom is 0.344 e. The highest BCUT2D eigenvalue weighted by molar-refractivity contribution is 9.10. The number of esters is 2. The van der Waals surface area contributed by atoms with E-state index in [4.69, 9.17) is 23.7 Å². The van der Waals surface area contributed by atoms with Crippen molar-refractivity contribution >= 4 is 45.3 Å². The van der Waals surface area contributed by atoms with Crippen LogP contribution in [0.3, 0.4) is 0 Å². The summed E-state index contributed by atoms with van der Waals surface area (Å²) < 4.78 is 30.2. The molecule has 0 spiro atoms. The van der Waals surface area contributed by atoms with E-state index in [-0.39, 0.29) is 30.5 Å². The van der Waals surface area contributed by atoms with Crippen molar-refractivity contribution < 1.29 is 33.3 Å². The number of aromatic nitrogens is 1. The lowest BCUT2D eigenvalue weighted by Gasteiger charge is -2.26. The van der Waals surface area contributed by atoms with Gasteiger partial charge >= 0.3 is 11.9 Å². The lowest BCUT2D eigenvalue weighted by atomic mass is 9.95. The van der Waals surface area contributed by atoms with Crippen LogP contribution in [0.1, 0.15) is 51.8 Å². The number of methoxy groups -OCH3 is 1. The van der Waals surface area contributed by atoms with Gasteiger partial charge in [-0.05, 0) is 76.6 Å². The molecule has 1 atom stereocenters. The number of carbonyl (C=O) groups excluding carboxylic acids is 2. The predicted octanol–water partition coefficient (Wildman–Crippen LogP) is 4.30. The van der Waals surface area contributed by atoms with Gasteiger partial charge in [-0.25, -0.2) is 14.6 Å². The molecule has 2 aromatic carbocycles.